The third-order valence-electron chi connectivity index (χ3n) is 1.45. The number of nitrogens with two attached hydrogens (primary N) is 1. The molecule has 1 radical (unpaired) electrons. The van der Waals surface area contributed by atoms with Crippen molar-refractivity contribution in [2.45, 2.75) is 26.4 Å². The third kappa shape index (κ3) is 4.35. The lowest BCUT2D eigenvalue weighted by Gasteiger charge is -2.19. The lowest BCUT2D eigenvalue weighted by atomic mass is 10.2. The Labute approximate surface area is 89.4 Å². The van der Waals surface area contributed by atoms with Gasteiger partial charge in [0.1, 0.15) is 5.60 Å². The van der Waals surface area contributed by atoms with Crippen LogP contribution in [0, 0.1) is 6.07 Å². The lowest BCUT2D eigenvalue weighted by Crippen LogP contribution is -2.27. The minimum Gasteiger partial charge on any atom is -0.444 e. The van der Waals surface area contributed by atoms with Crippen molar-refractivity contribution in [1.82, 2.24) is 0 Å². The first-order chi connectivity index (χ1) is 6.87. The van der Waals surface area contributed by atoms with E-state index in [0.29, 0.717) is 11.4 Å². The number of rotatable bonds is 1. The Morgan fingerprint density at radius 2 is 2.13 bits per heavy atom. The van der Waals surface area contributed by atoms with Gasteiger partial charge in [-0.2, -0.15) is 0 Å². The number of hydrogen-bond acceptors (Lipinski definition) is 3. The molecule has 0 aromatic heterocycles. The third-order valence-corrected chi connectivity index (χ3v) is 1.45. The van der Waals surface area contributed by atoms with Gasteiger partial charge in [0.15, 0.2) is 0 Å². The first kappa shape index (κ1) is 11.4. The van der Waals surface area contributed by atoms with Crippen molar-refractivity contribution in [1.29, 1.82) is 0 Å². The van der Waals surface area contributed by atoms with Gasteiger partial charge in [-0.15, -0.1) is 0 Å². The second-order valence-electron chi connectivity index (χ2n) is 4.15. The zero-order valence-electron chi connectivity index (χ0n) is 9.13. The molecule has 4 nitrogen and oxygen atoms in total. The van der Waals surface area contributed by atoms with Crippen LogP contribution in [-0.4, -0.2) is 11.7 Å². The standard InChI is InChI=1S/C11H15N2O2/c1-11(2,3)15-10(14)13-9-6-4-5-8(12)7-9/h4-6H,12H2,1-3H3,(H,13,14). The maximum atomic E-state index is 11.3. The molecule has 0 saturated carbocycles. The number of nitrogen functional groups attached to an aromatic ring is 1. The van der Waals surface area contributed by atoms with Crippen molar-refractivity contribution >= 4 is 17.5 Å². The largest absolute Gasteiger partial charge is 0.444 e. The van der Waals surface area contributed by atoms with Gasteiger partial charge in [0, 0.05) is 11.8 Å². The van der Waals surface area contributed by atoms with Gasteiger partial charge in [-0.3, -0.25) is 5.32 Å². The number of amides is 1. The Morgan fingerprint density at radius 3 is 2.67 bits per heavy atom. The van der Waals surface area contributed by atoms with Crippen molar-refractivity contribution in [3.8, 4) is 0 Å². The number of nitrogens with one attached hydrogen (secondary N) is 1. The summed E-state index contributed by atoms with van der Waals surface area (Å²) in [4.78, 5) is 11.3. The van der Waals surface area contributed by atoms with Crippen molar-refractivity contribution in [3.05, 3.63) is 24.3 Å². The van der Waals surface area contributed by atoms with Crippen LogP contribution in [-0.2, 0) is 4.74 Å². The molecule has 0 unspecified atom stereocenters. The SMILES string of the molecule is CC(C)(C)OC(=O)Nc1[c]c(N)ccc1. The van der Waals surface area contributed by atoms with Gasteiger partial charge in [-0.1, -0.05) is 6.07 Å². The van der Waals surface area contributed by atoms with Gasteiger partial charge in [-0.25, -0.2) is 4.79 Å². The van der Waals surface area contributed by atoms with Gasteiger partial charge in [0.2, 0.25) is 0 Å². The quantitative estimate of drug-likeness (QED) is 0.695. The second kappa shape index (κ2) is 4.21. The minimum atomic E-state index is -0.510. The van der Waals surface area contributed by atoms with Crippen molar-refractivity contribution < 1.29 is 9.53 Å². The van der Waals surface area contributed by atoms with Gasteiger partial charge < -0.3 is 10.5 Å². The fraction of sp³-hybridized carbons (Fsp3) is 0.364. The first-order valence-electron chi connectivity index (χ1n) is 4.65. The Kier molecular flexibility index (Phi) is 3.19. The lowest BCUT2D eigenvalue weighted by molar-refractivity contribution is 0.0636. The highest BCUT2D eigenvalue weighted by molar-refractivity contribution is 5.85. The summed E-state index contributed by atoms with van der Waals surface area (Å²) in [5.41, 5.74) is 5.98. The molecule has 1 aromatic carbocycles. The minimum absolute atomic E-state index is 0.476. The molecule has 0 heterocycles. The Hall–Kier alpha value is -1.71. The molecule has 15 heavy (non-hydrogen) atoms. The van der Waals surface area contributed by atoms with Gasteiger partial charge >= 0.3 is 6.09 Å². The summed E-state index contributed by atoms with van der Waals surface area (Å²) in [5, 5.41) is 2.54. The molecule has 0 atom stereocenters. The van der Waals surface area contributed by atoms with E-state index in [1.54, 1.807) is 39.0 Å². The smallest absolute Gasteiger partial charge is 0.412 e. The fourth-order valence-corrected chi connectivity index (χ4v) is 0.973. The van der Waals surface area contributed by atoms with Gasteiger partial charge in [0.05, 0.1) is 5.69 Å². The highest BCUT2D eigenvalue weighted by Crippen LogP contribution is 2.13. The topological polar surface area (TPSA) is 64.3 Å². The number of hydrogen-bond donors (Lipinski definition) is 2. The zero-order valence-corrected chi connectivity index (χ0v) is 9.13. The van der Waals surface area contributed by atoms with Crippen molar-refractivity contribution in [3.63, 3.8) is 0 Å². The van der Waals surface area contributed by atoms with Crippen LogP contribution in [0.3, 0.4) is 0 Å². The summed E-state index contributed by atoms with van der Waals surface area (Å²) in [5.74, 6) is 0. The van der Waals surface area contributed by atoms with Crippen LogP contribution in [0.5, 0.6) is 0 Å². The maximum absolute atomic E-state index is 11.3. The zero-order chi connectivity index (χ0) is 11.5. The van der Waals surface area contributed by atoms with Crippen LogP contribution >= 0.6 is 0 Å². The van der Waals surface area contributed by atoms with Crippen molar-refractivity contribution in [2.24, 2.45) is 0 Å². The Bertz CT molecular complexity index is 356. The van der Waals surface area contributed by atoms with E-state index in [4.69, 9.17) is 10.5 Å². The highest BCUT2D eigenvalue weighted by atomic mass is 16.6. The summed E-state index contributed by atoms with van der Waals surface area (Å²) >= 11 is 0. The molecule has 0 spiro atoms. The van der Waals surface area contributed by atoms with E-state index < -0.39 is 11.7 Å². The number of benzene rings is 1. The summed E-state index contributed by atoms with van der Waals surface area (Å²) < 4.78 is 5.07. The van der Waals surface area contributed by atoms with E-state index in [9.17, 15) is 4.79 Å². The molecule has 0 aliphatic rings. The highest BCUT2D eigenvalue weighted by Gasteiger charge is 2.16. The van der Waals surface area contributed by atoms with Gasteiger partial charge in [-0.05, 0) is 32.9 Å². The molecular weight excluding hydrogens is 192 g/mol. The van der Waals surface area contributed by atoms with Crippen LogP contribution in [0.25, 0.3) is 0 Å². The molecule has 4 heteroatoms. The number of carbonyl (C=O) groups excluding carboxylic acids is 1. The fourth-order valence-electron chi connectivity index (χ4n) is 0.973. The number of anilines is 2. The average molecular weight is 207 g/mol. The monoisotopic (exact) mass is 207 g/mol. The maximum Gasteiger partial charge on any atom is 0.412 e. The molecular formula is C11H15N2O2. The van der Waals surface area contributed by atoms with E-state index >= 15 is 0 Å². The van der Waals surface area contributed by atoms with Gasteiger partial charge in [0.25, 0.3) is 0 Å². The van der Waals surface area contributed by atoms with Crippen LogP contribution in [0.1, 0.15) is 20.8 Å². The van der Waals surface area contributed by atoms with E-state index in [1.807, 2.05) is 0 Å². The molecule has 0 fully saturated rings. The van der Waals surface area contributed by atoms with E-state index in [2.05, 4.69) is 11.4 Å². The van der Waals surface area contributed by atoms with Crippen LogP contribution in [0.4, 0.5) is 16.2 Å². The van der Waals surface area contributed by atoms with Crippen LogP contribution in [0.2, 0.25) is 0 Å². The molecule has 0 aliphatic carbocycles. The Morgan fingerprint density at radius 1 is 1.47 bits per heavy atom. The summed E-state index contributed by atoms with van der Waals surface area (Å²) in [6.45, 7) is 5.40. The molecule has 0 aliphatic heterocycles. The molecule has 0 bridgehead atoms. The number of carbonyl (C=O) groups is 1. The van der Waals surface area contributed by atoms with Crippen LogP contribution in [0.15, 0.2) is 18.2 Å². The first-order valence-corrected chi connectivity index (χ1v) is 4.65. The normalized spacial score (nSPS) is 10.9. The molecule has 1 rings (SSSR count). The van der Waals surface area contributed by atoms with Crippen molar-refractivity contribution in [2.75, 3.05) is 11.1 Å². The molecule has 1 aromatic rings. The second-order valence-corrected chi connectivity index (χ2v) is 4.15. The molecule has 81 valence electrons. The molecule has 0 saturated heterocycles. The Balaban J connectivity index is 2.59. The average Bonchev–Trinajstić information content (AvgIpc) is 1.99. The predicted molar refractivity (Wildman–Crippen MR) is 59.5 cm³/mol. The summed E-state index contributed by atoms with van der Waals surface area (Å²) in [7, 11) is 0. The van der Waals surface area contributed by atoms with Crippen LogP contribution < -0.4 is 11.1 Å². The van der Waals surface area contributed by atoms with E-state index in [1.165, 1.54) is 0 Å². The van der Waals surface area contributed by atoms with E-state index in [0.717, 1.165) is 0 Å². The summed E-state index contributed by atoms with van der Waals surface area (Å²) in [6.07, 6.45) is -0.510. The number of ether oxygens (including phenoxy) is 1. The van der Waals surface area contributed by atoms with E-state index in [-0.39, 0.29) is 0 Å². The summed E-state index contributed by atoms with van der Waals surface area (Å²) in [6, 6.07) is 7.91. The predicted octanol–water partition coefficient (Wildman–Crippen LogP) is 2.42. The molecule has 3 N–H and O–H groups in total. The molecule has 1 amide bonds.